The second-order valence-electron chi connectivity index (χ2n) is 10.7. The van der Waals surface area contributed by atoms with Crippen LogP contribution in [0.2, 0.25) is 0 Å². The second-order valence-corrected chi connectivity index (χ2v) is 10.7. The fraction of sp³-hybridized carbons (Fsp3) is 0.394. The van der Waals surface area contributed by atoms with Crippen LogP contribution in [0.1, 0.15) is 67.7 Å². The first-order valence-corrected chi connectivity index (χ1v) is 13.8. The van der Waals surface area contributed by atoms with Gasteiger partial charge in [-0.1, -0.05) is 99.0 Å². The molecule has 1 N–H and O–H groups in total. The van der Waals surface area contributed by atoms with E-state index >= 15 is 0 Å². The summed E-state index contributed by atoms with van der Waals surface area (Å²) in [7, 11) is 0. The summed E-state index contributed by atoms with van der Waals surface area (Å²) >= 11 is 0. The summed E-state index contributed by atoms with van der Waals surface area (Å²) in [4.78, 5) is 29.2. The van der Waals surface area contributed by atoms with Gasteiger partial charge in [0.25, 0.3) is 5.91 Å². The fourth-order valence-electron chi connectivity index (χ4n) is 4.99. The predicted octanol–water partition coefficient (Wildman–Crippen LogP) is 6.20. The summed E-state index contributed by atoms with van der Waals surface area (Å²) in [5.41, 5.74) is 4.37. The predicted molar refractivity (Wildman–Crippen MR) is 152 cm³/mol. The van der Waals surface area contributed by atoms with Crippen LogP contribution in [-0.2, 0) is 22.6 Å². The molecule has 5 nitrogen and oxygen atoms in total. The lowest BCUT2D eigenvalue weighted by Crippen LogP contribution is -2.53. The highest BCUT2D eigenvalue weighted by Gasteiger charge is 2.32. The Labute approximate surface area is 227 Å². The van der Waals surface area contributed by atoms with Crippen LogP contribution in [0.25, 0.3) is 0 Å². The van der Waals surface area contributed by atoms with Crippen LogP contribution >= 0.6 is 0 Å². The van der Waals surface area contributed by atoms with Crippen LogP contribution in [0, 0.1) is 6.92 Å². The molecule has 2 amide bonds. The number of aryl methyl sites for hydroxylation is 1. The minimum Gasteiger partial charge on any atom is -0.484 e. The molecule has 0 aliphatic heterocycles. The molecule has 1 atom stereocenters. The van der Waals surface area contributed by atoms with E-state index in [1.54, 1.807) is 4.90 Å². The van der Waals surface area contributed by atoms with Gasteiger partial charge < -0.3 is 15.0 Å². The number of amides is 2. The molecule has 0 radical (unpaired) electrons. The molecule has 0 spiro atoms. The molecule has 5 heteroatoms. The van der Waals surface area contributed by atoms with E-state index in [9.17, 15) is 9.59 Å². The van der Waals surface area contributed by atoms with E-state index in [4.69, 9.17) is 4.74 Å². The zero-order chi connectivity index (χ0) is 26.9. The number of hydrogen-bond donors (Lipinski definition) is 1. The first kappa shape index (κ1) is 27.4. The van der Waals surface area contributed by atoms with Crippen LogP contribution < -0.4 is 10.1 Å². The SMILES string of the molecule is Cc1ccc(CN(C(=O)COc2ccc(C(C)C)cc2)C(Cc2ccccc2)C(=O)NC2CCCC2)cc1. The van der Waals surface area contributed by atoms with Crippen molar-refractivity contribution in [2.45, 2.75) is 77.4 Å². The van der Waals surface area contributed by atoms with Gasteiger partial charge in [-0.3, -0.25) is 9.59 Å². The quantitative estimate of drug-likeness (QED) is 0.333. The van der Waals surface area contributed by atoms with Crippen molar-refractivity contribution in [2.24, 2.45) is 0 Å². The van der Waals surface area contributed by atoms with Crippen molar-refractivity contribution < 1.29 is 14.3 Å². The highest BCUT2D eigenvalue weighted by molar-refractivity contribution is 5.88. The number of rotatable bonds is 11. The molecule has 1 aliphatic rings. The van der Waals surface area contributed by atoms with Crippen molar-refractivity contribution in [2.75, 3.05) is 6.61 Å². The number of carbonyl (C=O) groups excluding carboxylic acids is 2. The molecule has 3 aromatic carbocycles. The first-order valence-electron chi connectivity index (χ1n) is 13.8. The number of hydrogen-bond acceptors (Lipinski definition) is 3. The number of nitrogens with zero attached hydrogens (tertiary/aromatic N) is 1. The molecule has 200 valence electrons. The van der Waals surface area contributed by atoms with Gasteiger partial charge in [0.15, 0.2) is 6.61 Å². The van der Waals surface area contributed by atoms with Gasteiger partial charge in [0.1, 0.15) is 11.8 Å². The summed E-state index contributed by atoms with van der Waals surface area (Å²) in [6.45, 7) is 6.54. The van der Waals surface area contributed by atoms with Crippen molar-refractivity contribution >= 4 is 11.8 Å². The van der Waals surface area contributed by atoms with Crippen molar-refractivity contribution in [3.05, 3.63) is 101 Å². The van der Waals surface area contributed by atoms with E-state index < -0.39 is 6.04 Å². The maximum atomic E-state index is 13.8. The third-order valence-corrected chi connectivity index (χ3v) is 7.36. The number of ether oxygens (including phenoxy) is 1. The van der Waals surface area contributed by atoms with Gasteiger partial charge in [-0.05, 0) is 54.5 Å². The van der Waals surface area contributed by atoms with Gasteiger partial charge in [0, 0.05) is 19.0 Å². The standard InChI is InChI=1S/C33H40N2O3/c1-24(2)28-17-19-30(20-18-28)38-23-32(36)35(22-27-15-13-25(3)14-16-27)31(21-26-9-5-4-6-10-26)33(37)34-29-11-7-8-12-29/h4-6,9-10,13-20,24,29,31H,7-8,11-12,21-23H2,1-3H3,(H,34,37). The lowest BCUT2D eigenvalue weighted by molar-refractivity contribution is -0.143. The molecule has 0 heterocycles. The van der Waals surface area contributed by atoms with E-state index in [-0.39, 0.29) is 24.5 Å². The smallest absolute Gasteiger partial charge is 0.261 e. The average Bonchev–Trinajstić information content (AvgIpc) is 3.44. The van der Waals surface area contributed by atoms with Crippen molar-refractivity contribution in [3.8, 4) is 5.75 Å². The third-order valence-electron chi connectivity index (χ3n) is 7.36. The van der Waals surface area contributed by atoms with Crippen molar-refractivity contribution in [1.29, 1.82) is 0 Å². The Hall–Kier alpha value is -3.60. The monoisotopic (exact) mass is 512 g/mol. The molecule has 1 fully saturated rings. The maximum Gasteiger partial charge on any atom is 0.261 e. The van der Waals surface area contributed by atoms with E-state index in [1.165, 1.54) is 5.56 Å². The summed E-state index contributed by atoms with van der Waals surface area (Å²) < 4.78 is 5.93. The van der Waals surface area contributed by atoms with Crippen LogP contribution in [-0.4, -0.2) is 35.4 Å². The summed E-state index contributed by atoms with van der Waals surface area (Å²) in [6, 6.07) is 25.4. The van der Waals surface area contributed by atoms with Crippen molar-refractivity contribution in [1.82, 2.24) is 10.2 Å². The van der Waals surface area contributed by atoms with Gasteiger partial charge >= 0.3 is 0 Å². The first-order chi connectivity index (χ1) is 18.4. The Kier molecular flexibility index (Phi) is 9.58. The van der Waals surface area contributed by atoms with Crippen LogP contribution in [0.4, 0.5) is 0 Å². The van der Waals surface area contributed by atoms with Gasteiger partial charge in [-0.25, -0.2) is 0 Å². The van der Waals surface area contributed by atoms with Gasteiger partial charge in [0.2, 0.25) is 5.91 Å². The molecular formula is C33H40N2O3. The Morgan fingerprint density at radius 3 is 2.18 bits per heavy atom. The van der Waals surface area contributed by atoms with E-state index in [2.05, 4.69) is 19.2 Å². The number of benzene rings is 3. The fourth-order valence-corrected chi connectivity index (χ4v) is 4.99. The zero-order valence-corrected chi connectivity index (χ0v) is 22.9. The molecule has 38 heavy (non-hydrogen) atoms. The zero-order valence-electron chi connectivity index (χ0n) is 22.9. The molecule has 1 aliphatic carbocycles. The minimum absolute atomic E-state index is 0.0949. The van der Waals surface area contributed by atoms with Gasteiger partial charge in [-0.15, -0.1) is 0 Å². The van der Waals surface area contributed by atoms with Gasteiger partial charge in [-0.2, -0.15) is 0 Å². The number of nitrogens with one attached hydrogen (secondary N) is 1. The van der Waals surface area contributed by atoms with Crippen LogP contribution in [0.3, 0.4) is 0 Å². The normalized spacial score (nSPS) is 14.3. The molecule has 3 aromatic rings. The molecule has 0 saturated heterocycles. The highest BCUT2D eigenvalue weighted by atomic mass is 16.5. The minimum atomic E-state index is -0.640. The molecule has 0 aromatic heterocycles. The molecule has 1 saturated carbocycles. The van der Waals surface area contributed by atoms with E-state index in [1.807, 2.05) is 85.8 Å². The highest BCUT2D eigenvalue weighted by Crippen LogP contribution is 2.21. The lowest BCUT2D eigenvalue weighted by atomic mass is 10.0. The second kappa shape index (κ2) is 13.3. The Morgan fingerprint density at radius 1 is 0.895 bits per heavy atom. The van der Waals surface area contributed by atoms with E-state index in [0.717, 1.165) is 42.4 Å². The van der Waals surface area contributed by atoms with Crippen LogP contribution in [0.5, 0.6) is 5.75 Å². The van der Waals surface area contributed by atoms with E-state index in [0.29, 0.717) is 24.6 Å². The third kappa shape index (κ3) is 7.70. The Balaban J connectivity index is 1.58. The maximum absolute atomic E-state index is 13.8. The van der Waals surface area contributed by atoms with Gasteiger partial charge in [0.05, 0.1) is 0 Å². The topological polar surface area (TPSA) is 58.6 Å². The lowest BCUT2D eigenvalue weighted by Gasteiger charge is -2.32. The molecular weight excluding hydrogens is 472 g/mol. The largest absolute Gasteiger partial charge is 0.484 e. The average molecular weight is 513 g/mol. The Bertz CT molecular complexity index is 1170. The summed E-state index contributed by atoms with van der Waals surface area (Å²) in [5, 5.41) is 3.25. The summed E-state index contributed by atoms with van der Waals surface area (Å²) in [6.07, 6.45) is 4.68. The molecule has 0 bridgehead atoms. The number of carbonyl (C=O) groups is 2. The van der Waals surface area contributed by atoms with Crippen molar-refractivity contribution in [3.63, 3.8) is 0 Å². The molecule has 4 rings (SSSR count). The Morgan fingerprint density at radius 2 is 1.55 bits per heavy atom. The van der Waals surface area contributed by atoms with Crippen LogP contribution in [0.15, 0.2) is 78.9 Å². The molecule has 1 unspecified atom stereocenters. The summed E-state index contributed by atoms with van der Waals surface area (Å²) in [5.74, 6) is 0.768.